The molecule has 1 aliphatic heterocycles. The van der Waals surface area contributed by atoms with E-state index in [0.29, 0.717) is 42.5 Å². The number of primary amides is 1. The number of allylic oxidation sites excluding steroid dienone is 4. The number of aliphatic hydroxyl groups is 1. The van der Waals surface area contributed by atoms with E-state index in [2.05, 4.69) is 5.32 Å². The molecule has 0 aromatic carbocycles. The standard InChI is InChI=1S/C30H44N2O9/c1-17-12-20-15-21(16-23(34)28(20)40-6)32-29(36)22(33)10-8-7-9-11-24(38-4)27(41-30(31)37)19(3)14-18(2)26(35)25(13-17)39-5/h7-8,14,16-17,19,24-27,35H,9-13,15H2,1-6H3,(H2,31,37)(H,32,36)/b8-7+,18-14+/t17-,19+,24+,25+,26-,27+/m1/s1. The van der Waals surface area contributed by atoms with E-state index in [1.54, 1.807) is 19.1 Å². The van der Waals surface area contributed by atoms with Crippen molar-refractivity contribution in [2.45, 2.75) is 83.7 Å². The summed E-state index contributed by atoms with van der Waals surface area (Å²) in [6, 6.07) is 0. The van der Waals surface area contributed by atoms with E-state index in [1.807, 2.05) is 19.9 Å². The number of hydrogen-bond donors (Lipinski definition) is 3. The highest BCUT2D eigenvalue weighted by molar-refractivity contribution is 6.37. The topological polar surface area (TPSA) is 163 Å². The Morgan fingerprint density at radius 3 is 2.37 bits per heavy atom. The Kier molecular flexibility index (Phi) is 13.4. The van der Waals surface area contributed by atoms with Crippen LogP contribution in [0, 0.1) is 11.8 Å². The lowest BCUT2D eigenvalue weighted by molar-refractivity contribution is -0.137. The van der Waals surface area contributed by atoms with Crippen molar-refractivity contribution in [3.05, 3.63) is 46.9 Å². The predicted molar refractivity (Wildman–Crippen MR) is 151 cm³/mol. The molecule has 2 rings (SSSR count). The number of carbonyl (C=O) groups is 4. The molecule has 11 nitrogen and oxygen atoms in total. The maximum absolute atomic E-state index is 12.7. The minimum atomic E-state index is -0.957. The maximum Gasteiger partial charge on any atom is 0.404 e. The third-order valence-corrected chi connectivity index (χ3v) is 7.39. The molecule has 0 aromatic heterocycles. The van der Waals surface area contributed by atoms with Crippen molar-refractivity contribution in [3.8, 4) is 0 Å². The van der Waals surface area contributed by atoms with Crippen LogP contribution in [-0.4, -0.2) is 74.4 Å². The number of ketones is 2. The summed E-state index contributed by atoms with van der Waals surface area (Å²) in [5.74, 6) is -2.06. The van der Waals surface area contributed by atoms with Gasteiger partial charge < -0.3 is 35.1 Å². The van der Waals surface area contributed by atoms with E-state index in [9.17, 15) is 24.3 Å². The Balaban J connectivity index is 2.43. The molecule has 228 valence electrons. The van der Waals surface area contributed by atoms with Crippen LogP contribution in [0.25, 0.3) is 0 Å². The molecule has 0 spiro atoms. The SMILES string of the molecule is COC1=C2CC(=CC1=O)NC(=O)C(=O)C/C=C/CC[C@H](OC)[C@@H](OC(N)=O)[C@@H](C)/C=C(\C)[C@@H](O)[C@@H](OC)C[C@H](C)C2. The van der Waals surface area contributed by atoms with Crippen molar-refractivity contribution >= 4 is 23.6 Å². The van der Waals surface area contributed by atoms with Gasteiger partial charge in [-0.1, -0.05) is 32.1 Å². The first-order valence-electron chi connectivity index (χ1n) is 13.8. The van der Waals surface area contributed by atoms with Gasteiger partial charge in [0.15, 0.2) is 5.76 Å². The highest BCUT2D eigenvalue weighted by atomic mass is 16.6. The van der Waals surface area contributed by atoms with Crippen LogP contribution in [-0.2, 0) is 33.3 Å². The van der Waals surface area contributed by atoms with Gasteiger partial charge in [0.05, 0.1) is 19.3 Å². The number of fused-ring (bicyclic) bond motifs is 2. The van der Waals surface area contributed by atoms with Gasteiger partial charge in [0.1, 0.15) is 12.2 Å². The van der Waals surface area contributed by atoms with Crippen molar-refractivity contribution in [1.82, 2.24) is 5.32 Å². The van der Waals surface area contributed by atoms with Crippen molar-refractivity contribution in [3.63, 3.8) is 0 Å². The number of rotatable bonds is 4. The first-order chi connectivity index (χ1) is 19.4. The second-order valence-corrected chi connectivity index (χ2v) is 10.7. The highest BCUT2D eigenvalue weighted by Gasteiger charge is 2.31. The third-order valence-electron chi connectivity index (χ3n) is 7.39. The van der Waals surface area contributed by atoms with Gasteiger partial charge in [0, 0.05) is 44.8 Å². The second kappa shape index (κ2) is 16.2. The van der Waals surface area contributed by atoms with Gasteiger partial charge in [0.25, 0.3) is 5.91 Å². The first kappa shape index (κ1) is 33.9. The number of nitrogens with one attached hydrogen (secondary N) is 1. The average Bonchev–Trinajstić information content (AvgIpc) is 2.91. The molecular formula is C30H44N2O9. The summed E-state index contributed by atoms with van der Waals surface area (Å²) in [5, 5.41) is 13.8. The molecule has 0 radical (unpaired) electrons. The molecular weight excluding hydrogens is 532 g/mol. The Morgan fingerprint density at radius 2 is 1.76 bits per heavy atom. The summed E-state index contributed by atoms with van der Waals surface area (Å²) in [6.45, 7) is 5.58. The second-order valence-electron chi connectivity index (χ2n) is 10.7. The molecule has 2 aliphatic rings. The minimum Gasteiger partial charge on any atom is -0.493 e. The Hall–Kier alpha value is -3.28. The van der Waals surface area contributed by atoms with Crippen molar-refractivity contribution in [2.24, 2.45) is 17.6 Å². The smallest absolute Gasteiger partial charge is 0.404 e. The van der Waals surface area contributed by atoms with E-state index in [0.717, 1.165) is 0 Å². The van der Waals surface area contributed by atoms with Gasteiger partial charge in [-0.05, 0) is 49.7 Å². The summed E-state index contributed by atoms with van der Waals surface area (Å²) >= 11 is 0. The predicted octanol–water partition coefficient (Wildman–Crippen LogP) is 3.02. The summed E-state index contributed by atoms with van der Waals surface area (Å²) in [4.78, 5) is 49.5. The monoisotopic (exact) mass is 576 g/mol. The number of aliphatic hydroxyl groups excluding tert-OH is 1. The van der Waals surface area contributed by atoms with Crippen molar-refractivity contribution < 1.29 is 43.2 Å². The Morgan fingerprint density at radius 1 is 1.07 bits per heavy atom. The lowest BCUT2D eigenvalue weighted by atomic mass is 9.86. The lowest BCUT2D eigenvalue weighted by Crippen LogP contribution is -2.39. The lowest BCUT2D eigenvalue weighted by Gasteiger charge is -2.30. The molecule has 41 heavy (non-hydrogen) atoms. The van der Waals surface area contributed by atoms with Crippen LogP contribution in [0.2, 0.25) is 0 Å². The molecule has 4 N–H and O–H groups in total. The molecule has 1 aliphatic carbocycles. The molecule has 0 fully saturated rings. The quantitative estimate of drug-likeness (QED) is 0.337. The van der Waals surface area contributed by atoms with Crippen LogP contribution >= 0.6 is 0 Å². The van der Waals surface area contributed by atoms with Crippen LogP contribution in [0.1, 0.15) is 59.3 Å². The first-order valence-corrected chi connectivity index (χ1v) is 13.8. The van der Waals surface area contributed by atoms with E-state index < -0.39 is 48.0 Å². The zero-order chi connectivity index (χ0) is 30.7. The van der Waals surface area contributed by atoms with Crippen LogP contribution in [0.4, 0.5) is 4.79 Å². The largest absolute Gasteiger partial charge is 0.493 e. The summed E-state index contributed by atoms with van der Waals surface area (Å²) in [5.41, 5.74) is 6.99. The van der Waals surface area contributed by atoms with Crippen LogP contribution in [0.5, 0.6) is 0 Å². The molecule has 2 amide bonds. The molecule has 0 unspecified atom stereocenters. The van der Waals surface area contributed by atoms with Crippen LogP contribution in [0.3, 0.4) is 0 Å². The normalized spacial score (nSPS) is 31.6. The molecule has 11 heteroatoms. The maximum atomic E-state index is 12.7. The molecule has 0 saturated carbocycles. The number of Topliss-reactive ketones (excluding diaryl/α,β-unsaturated/α-hetero) is 1. The number of methoxy groups -OCH3 is 3. The van der Waals surface area contributed by atoms with Gasteiger partial charge in [0.2, 0.25) is 11.6 Å². The number of carbonyl (C=O) groups excluding carboxylic acids is 4. The summed E-state index contributed by atoms with van der Waals surface area (Å²) in [6.07, 6.45) is 4.61. The molecule has 2 bridgehead atoms. The van der Waals surface area contributed by atoms with Crippen LogP contribution < -0.4 is 11.1 Å². The number of nitrogens with two attached hydrogens (primary N) is 1. The van der Waals surface area contributed by atoms with E-state index >= 15 is 0 Å². The van der Waals surface area contributed by atoms with E-state index in [1.165, 1.54) is 27.4 Å². The van der Waals surface area contributed by atoms with Crippen molar-refractivity contribution in [2.75, 3.05) is 21.3 Å². The van der Waals surface area contributed by atoms with Gasteiger partial charge >= 0.3 is 6.09 Å². The third kappa shape index (κ3) is 9.94. The fraction of sp³-hybridized carbons (Fsp3) is 0.600. The van der Waals surface area contributed by atoms with E-state index in [-0.39, 0.29) is 30.4 Å². The van der Waals surface area contributed by atoms with Crippen molar-refractivity contribution in [1.29, 1.82) is 0 Å². The van der Waals surface area contributed by atoms with E-state index in [4.69, 9.17) is 24.7 Å². The molecule has 1 heterocycles. The number of amides is 2. The Bertz CT molecular complexity index is 1090. The fourth-order valence-corrected chi connectivity index (χ4v) is 5.35. The molecule has 6 atom stereocenters. The molecule has 0 saturated heterocycles. The summed E-state index contributed by atoms with van der Waals surface area (Å²) < 4.78 is 22.1. The van der Waals surface area contributed by atoms with Gasteiger partial charge in [-0.15, -0.1) is 0 Å². The minimum absolute atomic E-state index is 0.0486. The van der Waals surface area contributed by atoms with Gasteiger partial charge in [-0.25, -0.2) is 4.79 Å². The zero-order valence-corrected chi connectivity index (χ0v) is 24.8. The van der Waals surface area contributed by atoms with Crippen LogP contribution in [0.15, 0.2) is 46.9 Å². The van der Waals surface area contributed by atoms with Gasteiger partial charge in [-0.3, -0.25) is 14.4 Å². The number of hydrogen-bond acceptors (Lipinski definition) is 9. The summed E-state index contributed by atoms with van der Waals surface area (Å²) in [7, 11) is 4.43. The number of ether oxygens (including phenoxy) is 4. The highest BCUT2D eigenvalue weighted by Crippen LogP contribution is 2.31. The average molecular weight is 577 g/mol. The molecule has 0 aromatic rings. The fourth-order valence-electron chi connectivity index (χ4n) is 5.35. The zero-order valence-electron chi connectivity index (χ0n) is 24.8. The Labute approximate surface area is 241 Å². The van der Waals surface area contributed by atoms with Gasteiger partial charge in [-0.2, -0.15) is 0 Å².